The van der Waals surface area contributed by atoms with Crippen molar-refractivity contribution in [2.75, 3.05) is 31.0 Å². The monoisotopic (exact) mass is 584 g/mol. The van der Waals surface area contributed by atoms with E-state index in [4.69, 9.17) is 29.3 Å². The summed E-state index contributed by atoms with van der Waals surface area (Å²) in [5.41, 5.74) is 6.46. The fraction of sp³-hybridized carbons (Fsp3) is 0.171. The van der Waals surface area contributed by atoms with Gasteiger partial charge in [-0.05, 0) is 80.1 Å². The Balaban J connectivity index is 1.46. The molecule has 0 fully saturated rings. The van der Waals surface area contributed by atoms with Crippen molar-refractivity contribution in [1.29, 1.82) is 0 Å². The summed E-state index contributed by atoms with van der Waals surface area (Å²) in [4.78, 5) is 12.6. The van der Waals surface area contributed by atoms with E-state index in [1.807, 2.05) is 103 Å². The third kappa shape index (κ3) is 4.63. The molecule has 0 aliphatic carbocycles. The molecule has 0 saturated carbocycles. The van der Waals surface area contributed by atoms with Crippen LogP contribution in [0.2, 0.25) is 0 Å². The summed E-state index contributed by atoms with van der Waals surface area (Å²) in [7, 11) is 3.30. The predicted molar refractivity (Wildman–Crippen MR) is 174 cm³/mol. The number of nitrogens with one attached hydrogen (secondary N) is 1. The lowest BCUT2D eigenvalue weighted by atomic mass is 9.93. The minimum atomic E-state index is -0.288. The zero-order valence-electron chi connectivity index (χ0n) is 25.0. The lowest BCUT2D eigenvalue weighted by molar-refractivity contribution is 0.340. The number of hydrogen-bond acceptors (Lipinski definition) is 8. The molecule has 1 N–H and O–H groups in total. The van der Waals surface area contributed by atoms with E-state index in [0.717, 1.165) is 51.1 Å². The smallest absolute Gasteiger partial charge is 0.179 e. The summed E-state index contributed by atoms with van der Waals surface area (Å²) < 4.78 is 18.9. The van der Waals surface area contributed by atoms with Crippen LogP contribution in [0.4, 0.5) is 22.9 Å². The fourth-order valence-electron chi connectivity index (χ4n) is 5.82. The van der Waals surface area contributed by atoms with Crippen molar-refractivity contribution in [3.8, 4) is 22.9 Å². The highest BCUT2D eigenvalue weighted by molar-refractivity contribution is 6.51. The average Bonchev–Trinajstić information content (AvgIpc) is 3.40. The minimum Gasteiger partial charge on any atom is -0.494 e. The normalized spacial score (nSPS) is 14.9. The Morgan fingerprint density at radius 1 is 0.818 bits per heavy atom. The van der Waals surface area contributed by atoms with Crippen molar-refractivity contribution < 1.29 is 14.2 Å². The molecule has 9 heteroatoms. The van der Waals surface area contributed by atoms with Crippen molar-refractivity contribution in [3.05, 3.63) is 114 Å². The van der Waals surface area contributed by atoms with Crippen LogP contribution in [0.25, 0.3) is 5.69 Å². The standard InChI is InChI=1S/C35H32N6O3/c1-5-44-26-18-16-24(17-19-26)36-33-35-38-34-31(22(2)39-41(34)25-11-7-6-8-12-25)32(23-15-20-29(42-3)30(21-23)43-4)40(35)28-14-10-9-13-27(28)37-33/h6-21,32H,5H2,1-4H3,(H,36,37). The highest BCUT2D eigenvalue weighted by Crippen LogP contribution is 2.49. The molecule has 0 bridgehead atoms. The molecule has 0 saturated heterocycles. The van der Waals surface area contributed by atoms with E-state index in [1.54, 1.807) is 14.2 Å². The van der Waals surface area contributed by atoms with Gasteiger partial charge in [-0.1, -0.05) is 36.4 Å². The SMILES string of the molecule is CCOc1ccc(NC2=Nc3ccccc3N3C2=Nc2c(c(C)nn2-c2ccccc2)C3c2ccc(OC)c(OC)c2)cc1. The van der Waals surface area contributed by atoms with Gasteiger partial charge in [0.2, 0.25) is 0 Å². The number of aliphatic imine (C=N–C) groups is 2. The number of fused-ring (bicyclic) bond motifs is 4. The van der Waals surface area contributed by atoms with E-state index in [1.165, 1.54) is 0 Å². The van der Waals surface area contributed by atoms with Gasteiger partial charge in [-0.25, -0.2) is 14.7 Å². The molecule has 44 heavy (non-hydrogen) atoms. The Bertz CT molecular complexity index is 1900. The summed E-state index contributed by atoms with van der Waals surface area (Å²) in [5.74, 6) is 4.18. The van der Waals surface area contributed by atoms with Gasteiger partial charge >= 0.3 is 0 Å². The predicted octanol–water partition coefficient (Wildman–Crippen LogP) is 7.39. The quantitative estimate of drug-likeness (QED) is 0.215. The van der Waals surface area contributed by atoms with E-state index in [-0.39, 0.29) is 6.04 Å². The minimum absolute atomic E-state index is 0.288. The highest BCUT2D eigenvalue weighted by atomic mass is 16.5. The van der Waals surface area contributed by atoms with Gasteiger partial charge in [-0.2, -0.15) is 5.10 Å². The molecule has 0 radical (unpaired) electrons. The summed E-state index contributed by atoms with van der Waals surface area (Å²) in [6.07, 6.45) is 0. The molecule has 7 rings (SSSR count). The molecule has 1 unspecified atom stereocenters. The van der Waals surface area contributed by atoms with E-state index >= 15 is 0 Å². The van der Waals surface area contributed by atoms with Crippen LogP contribution in [-0.2, 0) is 0 Å². The Kier molecular flexibility index (Phi) is 6.98. The molecule has 0 spiro atoms. The van der Waals surface area contributed by atoms with Gasteiger partial charge < -0.3 is 24.4 Å². The second-order valence-electron chi connectivity index (χ2n) is 10.4. The molecule has 220 valence electrons. The number of hydrogen-bond donors (Lipinski definition) is 1. The number of anilines is 2. The average molecular weight is 585 g/mol. The van der Waals surface area contributed by atoms with Crippen LogP contribution in [0, 0.1) is 6.92 Å². The molecule has 2 aliphatic heterocycles. The maximum atomic E-state index is 5.75. The number of nitrogens with zero attached hydrogens (tertiary/aromatic N) is 5. The van der Waals surface area contributed by atoms with Crippen molar-refractivity contribution in [2.24, 2.45) is 9.98 Å². The van der Waals surface area contributed by atoms with E-state index in [9.17, 15) is 0 Å². The molecule has 9 nitrogen and oxygen atoms in total. The first-order valence-corrected chi connectivity index (χ1v) is 14.5. The van der Waals surface area contributed by atoms with E-state index in [2.05, 4.69) is 22.3 Å². The van der Waals surface area contributed by atoms with Gasteiger partial charge in [-0.15, -0.1) is 0 Å². The van der Waals surface area contributed by atoms with Crippen LogP contribution >= 0.6 is 0 Å². The Morgan fingerprint density at radius 3 is 2.32 bits per heavy atom. The van der Waals surface area contributed by atoms with Gasteiger partial charge in [0.1, 0.15) is 5.75 Å². The second-order valence-corrected chi connectivity index (χ2v) is 10.4. The molecule has 3 heterocycles. The van der Waals surface area contributed by atoms with E-state index in [0.29, 0.717) is 29.8 Å². The van der Waals surface area contributed by atoms with Crippen LogP contribution in [0.1, 0.15) is 29.8 Å². The number of amidine groups is 2. The van der Waals surface area contributed by atoms with Crippen molar-refractivity contribution in [3.63, 3.8) is 0 Å². The zero-order valence-corrected chi connectivity index (χ0v) is 25.0. The third-order valence-electron chi connectivity index (χ3n) is 7.79. The van der Waals surface area contributed by atoms with Gasteiger partial charge in [0.15, 0.2) is 29.0 Å². The first-order chi connectivity index (χ1) is 21.6. The first kappa shape index (κ1) is 27.3. The molecule has 1 atom stereocenters. The molecule has 2 aliphatic rings. The first-order valence-electron chi connectivity index (χ1n) is 14.5. The summed E-state index contributed by atoms with van der Waals surface area (Å²) in [6.45, 7) is 4.62. The van der Waals surface area contributed by atoms with Crippen molar-refractivity contribution in [1.82, 2.24) is 9.78 Å². The fourth-order valence-corrected chi connectivity index (χ4v) is 5.82. The largest absolute Gasteiger partial charge is 0.494 e. The maximum Gasteiger partial charge on any atom is 0.179 e. The highest BCUT2D eigenvalue weighted by Gasteiger charge is 2.41. The van der Waals surface area contributed by atoms with Crippen LogP contribution < -0.4 is 24.4 Å². The van der Waals surface area contributed by atoms with Gasteiger partial charge in [-0.3, -0.25) is 0 Å². The van der Waals surface area contributed by atoms with Gasteiger partial charge in [0.25, 0.3) is 0 Å². The number of ether oxygens (including phenoxy) is 3. The molecule has 0 amide bonds. The lowest BCUT2D eigenvalue weighted by Gasteiger charge is -2.40. The summed E-state index contributed by atoms with van der Waals surface area (Å²) in [6, 6.07) is 31.8. The number of aryl methyl sites for hydroxylation is 1. The summed E-state index contributed by atoms with van der Waals surface area (Å²) in [5, 5.41) is 8.56. The van der Waals surface area contributed by atoms with Crippen LogP contribution in [-0.4, -0.2) is 42.3 Å². The maximum absolute atomic E-state index is 5.75. The second kappa shape index (κ2) is 11.3. The Labute approximate surface area is 256 Å². The lowest BCUT2D eigenvalue weighted by Crippen LogP contribution is -2.46. The topological polar surface area (TPSA) is 85.5 Å². The number of rotatable bonds is 7. The van der Waals surface area contributed by atoms with E-state index < -0.39 is 0 Å². The number of benzene rings is 4. The number of para-hydroxylation sites is 3. The number of methoxy groups -OCH3 is 2. The molecule has 1 aromatic heterocycles. The summed E-state index contributed by atoms with van der Waals surface area (Å²) >= 11 is 0. The van der Waals surface area contributed by atoms with Crippen LogP contribution in [0.15, 0.2) is 107 Å². The third-order valence-corrected chi connectivity index (χ3v) is 7.79. The van der Waals surface area contributed by atoms with Crippen LogP contribution in [0.3, 0.4) is 0 Å². The van der Waals surface area contributed by atoms with Crippen molar-refractivity contribution in [2.45, 2.75) is 19.9 Å². The molecular weight excluding hydrogens is 552 g/mol. The molecule has 5 aromatic rings. The number of aromatic nitrogens is 2. The molecule has 4 aromatic carbocycles. The van der Waals surface area contributed by atoms with Gasteiger partial charge in [0, 0.05) is 11.3 Å². The zero-order chi connectivity index (χ0) is 30.2. The van der Waals surface area contributed by atoms with Crippen LogP contribution in [0.5, 0.6) is 17.2 Å². The molecular formula is C35H32N6O3. The Hall–Kier alpha value is -5.57. The van der Waals surface area contributed by atoms with Gasteiger partial charge in [0.05, 0.1) is 49.6 Å². The van der Waals surface area contributed by atoms with Crippen molar-refractivity contribution >= 4 is 34.6 Å². The Morgan fingerprint density at radius 2 is 1.57 bits per heavy atom.